The molecule has 1 atom stereocenters. The molecule has 1 unspecified atom stereocenters. The highest BCUT2D eigenvalue weighted by molar-refractivity contribution is 5.76. The van der Waals surface area contributed by atoms with Gasteiger partial charge in [0.2, 0.25) is 5.91 Å². The Kier molecular flexibility index (Phi) is 8.67. The van der Waals surface area contributed by atoms with Crippen LogP contribution in [0.15, 0.2) is 30.3 Å². The van der Waals surface area contributed by atoms with Gasteiger partial charge in [-0.2, -0.15) is 0 Å². The molecule has 20 heavy (non-hydrogen) atoms. The number of hydrogen-bond acceptors (Lipinski definition) is 3. The van der Waals surface area contributed by atoms with Gasteiger partial charge in [0, 0.05) is 32.7 Å². The van der Waals surface area contributed by atoms with Crippen LogP contribution < -0.4 is 10.6 Å². The number of methoxy groups -OCH3 is 1. The van der Waals surface area contributed by atoms with Gasteiger partial charge in [-0.3, -0.25) is 4.79 Å². The topological polar surface area (TPSA) is 50.4 Å². The molecule has 1 rings (SSSR count). The number of carbonyl (C=O) groups excluding carboxylic acids is 1. The predicted octanol–water partition coefficient (Wildman–Crippen LogP) is 1.75. The van der Waals surface area contributed by atoms with Gasteiger partial charge in [0.1, 0.15) is 0 Å². The zero-order valence-electron chi connectivity index (χ0n) is 12.5. The van der Waals surface area contributed by atoms with Gasteiger partial charge in [0.25, 0.3) is 0 Å². The average Bonchev–Trinajstić information content (AvgIpc) is 2.47. The van der Waals surface area contributed by atoms with E-state index in [1.165, 1.54) is 5.56 Å². The Morgan fingerprint density at radius 3 is 2.65 bits per heavy atom. The number of hydrogen-bond donors (Lipinski definition) is 2. The van der Waals surface area contributed by atoms with Crippen molar-refractivity contribution in [3.63, 3.8) is 0 Å². The number of ether oxygens (including phenoxy) is 1. The summed E-state index contributed by atoms with van der Waals surface area (Å²) in [4.78, 5) is 11.5. The maximum absolute atomic E-state index is 11.5. The molecule has 4 nitrogen and oxygen atoms in total. The first-order valence-corrected chi connectivity index (χ1v) is 7.29. The van der Waals surface area contributed by atoms with E-state index in [2.05, 4.69) is 41.8 Å². The van der Waals surface area contributed by atoms with Crippen LogP contribution in [0, 0.1) is 0 Å². The Morgan fingerprint density at radius 1 is 1.25 bits per heavy atom. The van der Waals surface area contributed by atoms with Crippen molar-refractivity contribution < 1.29 is 9.53 Å². The van der Waals surface area contributed by atoms with Crippen LogP contribution in [-0.4, -0.2) is 38.8 Å². The zero-order valence-corrected chi connectivity index (χ0v) is 12.5. The van der Waals surface area contributed by atoms with Gasteiger partial charge in [0.15, 0.2) is 0 Å². The minimum atomic E-state index is 0.0733. The maximum atomic E-state index is 11.5. The van der Waals surface area contributed by atoms with E-state index < -0.39 is 0 Å². The molecular weight excluding hydrogens is 252 g/mol. The standard InChI is InChI=1S/C16H26N2O2/c1-3-15(13-14-7-5-4-6-8-14)17-10-9-16(19)18-11-12-20-2/h4-8,15,17H,3,9-13H2,1-2H3,(H,18,19). The Labute approximate surface area is 121 Å². The van der Waals surface area contributed by atoms with Crippen molar-refractivity contribution in [2.45, 2.75) is 32.2 Å². The number of amides is 1. The van der Waals surface area contributed by atoms with Crippen molar-refractivity contribution in [2.24, 2.45) is 0 Å². The number of benzene rings is 1. The second kappa shape index (κ2) is 10.4. The van der Waals surface area contributed by atoms with E-state index >= 15 is 0 Å². The van der Waals surface area contributed by atoms with Crippen molar-refractivity contribution in [1.82, 2.24) is 10.6 Å². The van der Waals surface area contributed by atoms with E-state index in [-0.39, 0.29) is 5.91 Å². The van der Waals surface area contributed by atoms with Crippen molar-refractivity contribution in [3.8, 4) is 0 Å². The summed E-state index contributed by atoms with van der Waals surface area (Å²) < 4.78 is 4.89. The van der Waals surface area contributed by atoms with Gasteiger partial charge in [-0.25, -0.2) is 0 Å². The van der Waals surface area contributed by atoms with Crippen LogP contribution in [0.2, 0.25) is 0 Å². The van der Waals surface area contributed by atoms with E-state index in [1.54, 1.807) is 7.11 Å². The van der Waals surface area contributed by atoms with Gasteiger partial charge in [-0.15, -0.1) is 0 Å². The summed E-state index contributed by atoms with van der Waals surface area (Å²) in [6.07, 6.45) is 2.57. The van der Waals surface area contributed by atoms with Crippen molar-refractivity contribution >= 4 is 5.91 Å². The van der Waals surface area contributed by atoms with Gasteiger partial charge < -0.3 is 15.4 Å². The van der Waals surface area contributed by atoms with Crippen LogP contribution >= 0.6 is 0 Å². The van der Waals surface area contributed by atoms with E-state index in [9.17, 15) is 4.79 Å². The first-order valence-electron chi connectivity index (χ1n) is 7.29. The molecule has 2 N–H and O–H groups in total. The monoisotopic (exact) mass is 278 g/mol. The summed E-state index contributed by atoms with van der Waals surface area (Å²) >= 11 is 0. The third kappa shape index (κ3) is 7.26. The normalized spacial score (nSPS) is 12.1. The molecule has 1 aromatic carbocycles. The molecule has 0 heterocycles. The molecule has 0 aliphatic heterocycles. The van der Waals surface area contributed by atoms with Gasteiger partial charge >= 0.3 is 0 Å². The molecular formula is C16H26N2O2. The smallest absolute Gasteiger partial charge is 0.221 e. The third-order valence-electron chi connectivity index (χ3n) is 3.23. The van der Waals surface area contributed by atoms with Gasteiger partial charge in [-0.1, -0.05) is 37.3 Å². The quantitative estimate of drug-likeness (QED) is 0.641. The SMILES string of the molecule is CCC(Cc1ccccc1)NCCC(=O)NCCOC. The number of nitrogens with one attached hydrogen (secondary N) is 2. The van der Waals surface area contributed by atoms with E-state index in [0.29, 0.717) is 32.2 Å². The molecule has 0 aromatic heterocycles. The fraction of sp³-hybridized carbons (Fsp3) is 0.562. The molecule has 0 saturated carbocycles. The first-order chi connectivity index (χ1) is 9.76. The third-order valence-corrected chi connectivity index (χ3v) is 3.23. The number of carbonyl (C=O) groups is 1. The Hall–Kier alpha value is -1.39. The van der Waals surface area contributed by atoms with Crippen LogP contribution in [-0.2, 0) is 16.0 Å². The molecule has 0 aliphatic carbocycles. The van der Waals surface area contributed by atoms with Crippen LogP contribution in [0.5, 0.6) is 0 Å². The Bertz CT molecular complexity index is 368. The highest BCUT2D eigenvalue weighted by atomic mass is 16.5. The van der Waals surface area contributed by atoms with E-state index in [1.807, 2.05) is 6.07 Å². The fourth-order valence-electron chi connectivity index (χ4n) is 2.03. The minimum Gasteiger partial charge on any atom is -0.383 e. The van der Waals surface area contributed by atoms with Crippen LogP contribution in [0.1, 0.15) is 25.3 Å². The summed E-state index contributed by atoms with van der Waals surface area (Å²) in [5, 5.41) is 6.27. The summed E-state index contributed by atoms with van der Waals surface area (Å²) in [5.74, 6) is 0.0733. The molecule has 0 spiro atoms. The van der Waals surface area contributed by atoms with Crippen molar-refractivity contribution in [2.75, 3.05) is 26.8 Å². The van der Waals surface area contributed by atoms with Gasteiger partial charge in [-0.05, 0) is 18.4 Å². The van der Waals surface area contributed by atoms with Crippen LogP contribution in [0.3, 0.4) is 0 Å². The van der Waals surface area contributed by atoms with E-state index in [4.69, 9.17) is 4.74 Å². The molecule has 112 valence electrons. The average molecular weight is 278 g/mol. The molecule has 0 saturated heterocycles. The van der Waals surface area contributed by atoms with Crippen molar-refractivity contribution in [3.05, 3.63) is 35.9 Å². The first kappa shape index (κ1) is 16.7. The van der Waals surface area contributed by atoms with Crippen molar-refractivity contribution in [1.29, 1.82) is 0 Å². The molecule has 1 amide bonds. The molecule has 4 heteroatoms. The Morgan fingerprint density at radius 2 is 2.00 bits per heavy atom. The van der Waals surface area contributed by atoms with Gasteiger partial charge in [0.05, 0.1) is 6.61 Å². The lowest BCUT2D eigenvalue weighted by Gasteiger charge is -2.17. The van der Waals surface area contributed by atoms with E-state index in [0.717, 1.165) is 12.8 Å². The van der Waals surface area contributed by atoms with Crippen LogP contribution in [0.25, 0.3) is 0 Å². The minimum absolute atomic E-state index is 0.0733. The molecule has 0 aliphatic rings. The summed E-state index contributed by atoms with van der Waals surface area (Å²) in [6, 6.07) is 10.9. The lowest BCUT2D eigenvalue weighted by atomic mass is 10.0. The predicted molar refractivity (Wildman–Crippen MR) is 81.7 cm³/mol. The largest absolute Gasteiger partial charge is 0.383 e. The lowest BCUT2D eigenvalue weighted by Crippen LogP contribution is -2.35. The van der Waals surface area contributed by atoms with Crippen LogP contribution in [0.4, 0.5) is 0 Å². The Balaban J connectivity index is 2.19. The summed E-state index contributed by atoms with van der Waals surface area (Å²) in [5.41, 5.74) is 1.33. The second-order valence-electron chi connectivity index (χ2n) is 4.84. The fourth-order valence-corrected chi connectivity index (χ4v) is 2.03. The highest BCUT2D eigenvalue weighted by Crippen LogP contribution is 2.05. The molecule has 0 fully saturated rings. The highest BCUT2D eigenvalue weighted by Gasteiger charge is 2.07. The lowest BCUT2D eigenvalue weighted by molar-refractivity contribution is -0.121. The number of rotatable bonds is 10. The molecule has 0 radical (unpaired) electrons. The summed E-state index contributed by atoms with van der Waals surface area (Å²) in [6.45, 7) is 4.02. The second-order valence-corrected chi connectivity index (χ2v) is 4.84. The summed E-state index contributed by atoms with van der Waals surface area (Å²) in [7, 11) is 1.63. The zero-order chi connectivity index (χ0) is 14.6. The maximum Gasteiger partial charge on any atom is 0.221 e. The molecule has 1 aromatic rings. The molecule has 0 bridgehead atoms.